The molecule has 0 radical (unpaired) electrons. The summed E-state index contributed by atoms with van der Waals surface area (Å²) in [6, 6.07) is 12.4. The fraction of sp³-hybridized carbons (Fsp3) is 0.143. The number of phenols is 1. The van der Waals surface area contributed by atoms with Crippen LogP contribution in [0.15, 0.2) is 42.5 Å². The maximum Gasteiger partial charge on any atom is 0.138 e. The van der Waals surface area contributed by atoms with E-state index in [0.29, 0.717) is 12.3 Å². The molecular formula is C14H15NO3. The molecular weight excluding hydrogens is 230 g/mol. The van der Waals surface area contributed by atoms with Crippen LogP contribution < -0.4 is 15.2 Å². The fourth-order valence-corrected chi connectivity index (χ4v) is 1.52. The van der Waals surface area contributed by atoms with E-state index in [1.54, 1.807) is 19.2 Å². The summed E-state index contributed by atoms with van der Waals surface area (Å²) in [7, 11) is 1.62. The van der Waals surface area contributed by atoms with Gasteiger partial charge in [0.2, 0.25) is 0 Å². The lowest BCUT2D eigenvalue weighted by atomic mass is 10.2. The summed E-state index contributed by atoms with van der Waals surface area (Å²) in [5.74, 6) is 1.60. The molecule has 2 aromatic rings. The Morgan fingerprint density at radius 2 is 1.72 bits per heavy atom. The Morgan fingerprint density at radius 3 is 2.33 bits per heavy atom. The van der Waals surface area contributed by atoms with Crippen LogP contribution in [0.2, 0.25) is 0 Å². The lowest BCUT2D eigenvalue weighted by Gasteiger charge is -2.08. The molecule has 2 rings (SSSR count). The van der Waals surface area contributed by atoms with Crippen molar-refractivity contribution in [1.82, 2.24) is 0 Å². The number of hydrogen-bond acceptors (Lipinski definition) is 4. The highest BCUT2D eigenvalue weighted by atomic mass is 16.5. The van der Waals surface area contributed by atoms with Crippen molar-refractivity contribution < 1.29 is 14.6 Å². The standard InChI is InChI=1S/C14H15NO3/c1-17-11-3-5-12(6-4-11)18-9-10-2-7-13(15)14(16)8-10/h2-8,16H,9,15H2,1H3. The van der Waals surface area contributed by atoms with Gasteiger partial charge in [0.15, 0.2) is 0 Å². The summed E-state index contributed by atoms with van der Waals surface area (Å²) in [6.07, 6.45) is 0. The van der Waals surface area contributed by atoms with E-state index in [1.807, 2.05) is 30.3 Å². The van der Waals surface area contributed by atoms with E-state index in [9.17, 15) is 5.11 Å². The number of hydrogen-bond donors (Lipinski definition) is 2. The molecule has 0 unspecified atom stereocenters. The van der Waals surface area contributed by atoms with Gasteiger partial charge < -0.3 is 20.3 Å². The molecule has 0 fully saturated rings. The summed E-state index contributed by atoms with van der Waals surface area (Å²) >= 11 is 0. The molecule has 0 aromatic heterocycles. The van der Waals surface area contributed by atoms with Crippen LogP contribution in [0.4, 0.5) is 5.69 Å². The van der Waals surface area contributed by atoms with Crippen molar-refractivity contribution in [3.05, 3.63) is 48.0 Å². The number of aromatic hydroxyl groups is 1. The van der Waals surface area contributed by atoms with Crippen molar-refractivity contribution in [3.63, 3.8) is 0 Å². The summed E-state index contributed by atoms with van der Waals surface area (Å²) in [4.78, 5) is 0. The van der Waals surface area contributed by atoms with E-state index in [0.717, 1.165) is 17.1 Å². The minimum Gasteiger partial charge on any atom is -0.506 e. The van der Waals surface area contributed by atoms with E-state index in [1.165, 1.54) is 0 Å². The van der Waals surface area contributed by atoms with Crippen LogP contribution in [-0.2, 0) is 6.61 Å². The number of benzene rings is 2. The van der Waals surface area contributed by atoms with Crippen molar-refractivity contribution in [2.45, 2.75) is 6.61 Å². The van der Waals surface area contributed by atoms with Crippen LogP contribution in [-0.4, -0.2) is 12.2 Å². The molecule has 0 aliphatic rings. The Kier molecular flexibility index (Phi) is 3.57. The highest BCUT2D eigenvalue weighted by molar-refractivity contribution is 5.52. The SMILES string of the molecule is COc1ccc(OCc2ccc(N)c(O)c2)cc1. The van der Waals surface area contributed by atoms with Crippen molar-refractivity contribution in [1.29, 1.82) is 0 Å². The topological polar surface area (TPSA) is 64.7 Å². The van der Waals surface area contributed by atoms with Gasteiger partial charge in [0, 0.05) is 0 Å². The summed E-state index contributed by atoms with van der Waals surface area (Å²) in [6.45, 7) is 0.375. The molecule has 0 aliphatic heterocycles. The Bertz CT molecular complexity index is 523. The summed E-state index contributed by atoms with van der Waals surface area (Å²) in [5.41, 5.74) is 6.75. The number of phenolic OH excluding ortho intramolecular Hbond substituents is 1. The highest BCUT2D eigenvalue weighted by Gasteiger charge is 2.00. The second-order valence-electron chi connectivity index (χ2n) is 3.86. The molecule has 0 heterocycles. The minimum atomic E-state index is 0.0748. The maximum atomic E-state index is 9.47. The summed E-state index contributed by atoms with van der Waals surface area (Å²) < 4.78 is 10.6. The molecule has 4 heteroatoms. The number of methoxy groups -OCH3 is 1. The zero-order valence-electron chi connectivity index (χ0n) is 10.1. The van der Waals surface area contributed by atoms with E-state index >= 15 is 0 Å². The quantitative estimate of drug-likeness (QED) is 0.641. The third kappa shape index (κ3) is 2.85. The monoisotopic (exact) mass is 245 g/mol. The van der Waals surface area contributed by atoms with Gasteiger partial charge >= 0.3 is 0 Å². The lowest BCUT2D eigenvalue weighted by molar-refractivity contribution is 0.305. The zero-order chi connectivity index (χ0) is 13.0. The van der Waals surface area contributed by atoms with E-state index in [-0.39, 0.29) is 5.75 Å². The van der Waals surface area contributed by atoms with Gasteiger partial charge in [0.05, 0.1) is 12.8 Å². The van der Waals surface area contributed by atoms with Gasteiger partial charge in [0.1, 0.15) is 23.9 Å². The number of nitrogen functional groups attached to an aromatic ring is 1. The van der Waals surface area contributed by atoms with Gasteiger partial charge in [0.25, 0.3) is 0 Å². The first-order valence-corrected chi connectivity index (χ1v) is 5.53. The van der Waals surface area contributed by atoms with Gasteiger partial charge in [-0.1, -0.05) is 6.07 Å². The number of rotatable bonds is 4. The Morgan fingerprint density at radius 1 is 1.06 bits per heavy atom. The molecule has 0 saturated heterocycles. The van der Waals surface area contributed by atoms with Crippen molar-refractivity contribution >= 4 is 5.69 Å². The number of ether oxygens (including phenoxy) is 2. The van der Waals surface area contributed by atoms with Gasteiger partial charge in [-0.25, -0.2) is 0 Å². The van der Waals surface area contributed by atoms with Crippen molar-refractivity contribution in [3.8, 4) is 17.2 Å². The Balaban J connectivity index is 1.99. The Labute approximate surface area is 106 Å². The molecule has 0 aliphatic carbocycles. The zero-order valence-corrected chi connectivity index (χ0v) is 10.1. The predicted molar refractivity (Wildman–Crippen MR) is 69.8 cm³/mol. The smallest absolute Gasteiger partial charge is 0.138 e. The fourth-order valence-electron chi connectivity index (χ4n) is 1.52. The van der Waals surface area contributed by atoms with E-state index in [2.05, 4.69) is 0 Å². The first kappa shape index (κ1) is 12.1. The third-order valence-corrected chi connectivity index (χ3v) is 2.56. The minimum absolute atomic E-state index is 0.0748. The molecule has 3 N–H and O–H groups in total. The van der Waals surface area contributed by atoms with Crippen LogP contribution in [0.5, 0.6) is 17.2 Å². The molecule has 0 saturated carbocycles. The Hall–Kier alpha value is -2.36. The van der Waals surface area contributed by atoms with Crippen LogP contribution >= 0.6 is 0 Å². The first-order valence-electron chi connectivity index (χ1n) is 5.53. The highest BCUT2D eigenvalue weighted by Crippen LogP contribution is 2.22. The molecule has 0 atom stereocenters. The molecule has 2 aromatic carbocycles. The summed E-state index contributed by atoms with van der Waals surface area (Å²) in [5, 5.41) is 9.47. The molecule has 0 spiro atoms. The normalized spacial score (nSPS) is 10.1. The van der Waals surface area contributed by atoms with E-state index < -0.39 is 0 Å². The second kappa shape index (κ2) is 5.31. The first-order chi connectivity index (χ1) is 8.69. The molecule has 0 bridgehead atoms. The van der Waals surface area contributed by atoms with Crippen LogP contribution in [0, 0.1) is 0 Å². The van der Waals surface area contributed by atoms with Crippen molar-refractivity contribution in [2.24, 2.45) is 0 Å². The molecule has 0 amide bonds. The van der Waals surface area contributed by atoms with Crippen LogP contribution in [0.3, 0.4) is 0 Å². The van der Waals surface area contributed by atoms with Gasteiger partial charge in [-0.05, 0) is 42.0 Å². The maximum absolute atomic E-state index is 9.47. The average Bonchev–Trinajstić information content (AvgIpc) is 2.41. The average molecular weight is 245 g/mol. The van der Waals surface area contributed by atoms with Crippen molar-refractivity contribution in [2.75, 3.05) is 12.8 Å². The van der Waals surface area contributed by atoms with Crippen LogP contribution in [0.25, 0.3) is 0 Å². The number of anilines is 1. The van der Waals surface area contributed by atoms with Crippen LogP contribution in [0.1, 0.15) is 5.56 Å². The lowest BCUT2D eigenvalue weighted by Crippen LogP contribution is -1.96. The largest absolute Gasteiger partial charge is 0.506 e. The van der Waals surface area contributed by atoms with Gasteiger partial charge in [-0.2, -0.15) is 0 Å². The molecule has 94 valence electrons. The van der Waals surface area contributed by atoms with Gasteiger partial charge in [-0.3, -0.25) is 0 Å². The predicted octanol–water partition coefficient (Wildman–Crippen LogP) is 2.56. The second-order valence-corrected chi connectivity index (χ2v) is 3.86. The third-order valence-electron chi connectivity index (χ3n) is 2.56. The number of nitrogens with two attached hydrogens (primary N) is 1. The molecule has 18 heavy (non-hydrogen) atoms. The molecule has 4 nitrogen and oxygen atoms in total. The van der Waals surface area contributed by atoms with Gasteiger partial charge in [-0.15, -0.1) is 0 Å². The van der Waals surface area contributed by atoms with E-state index in [4.69, 9.17) is 15.2 Å².